The van der Waals surface area contributed by atoms with Gasteiger partial charge in [0.15, 0.2) is 0 Å². The molecule has 0 atom stereocenters. The van der Waals surface area contributed by atoms with Crippen molar-refractivity contribution in [1.29, 1.82) is 0 Å². The average molecular weight is 317 g/mol. The molecule has 3 rings (SSSR count). The Balaban J connectivity index is 2.13. The van der Waals surface area contributed by atoms with Gasteiger partial charge in [-0.05, 0) is 24.3 Å². The zero-order valence-electron chi connectivity index (χ0n) is 10.7. The van der Waals surface area contributed by atoms with Crippen LogP contribution in [0.5, 0.6) is 0 Å². The Bertz CT molecular complexity index is 785. The number of aromatic nitrogens is 2. The van der Waals surface area contributed by atoms with Gasteiger partial charge in [0.05, 0.1) is 5.69 Å². The van der Waals surface area contributed by atoms with Gasteiger partial charge in [-0.1, -0.05) is 29.8 Å². The van der Waals surface area contributed by atoms with Crippen molar-refractivity contribution < 1.29 is 9.90 Å². The van der Waals surface area contributed by atoms with Crippen molar-refractivity contribution in [2.75, 3.05) is 0 Å². The summed E-state index contributed by atoms with van der Waals surface area (Å²) in [7, 11) is 0. The Morgan fingerprint density at radius 1 is 1.14 bits per heavy atom. The van der Waals surface area contributed by atoms with Gasteiger partial charge in [0.2, 0.25) is 0 Å². The molecule has 1 N–H and O–H groups in total. The fraction of sp³-hybridized carbons (Fsp3) is 0. The monoisotopic (exact) mass is 316 g/mol. The fourth-order valence-corrected chi connectivity index (χ4v) is 2.90. The summed E-state index contributed by atoms with van der Waals surface area (Å²) in [6.07, 6.45) is 1.61. The smallest absolute Gasteiger partial charge is 0.348 e. The molecule has 0 aliphatic heterocycles. The van der Waals surface area contributed by atoms with E-state index in [-0.39, 0.29) is 4.88 Å². The maximum absolute atomic E-state index is 11.4. The number of nitrogens with zero attached hydrogens (tertiary/aromatic N) is 2. The van der Waals surface area contributed by atoms with Crippen LogP contribution in [0.15, 0.2) is 48.7 Å². The number of thiazole rings is 1. The van der Waals surface area contributed by atoms with Gasteiger partial charge in [-0.3, -0.25) is 4.98 Å². The maximum atomic E-state index is 11.4. The highest BCUT2D eigenvalue weighted by Gasteiger charge is 2.20. The lowest BCUT2D eigenvalue weighted by Gasteiger charge is -1.97. The quantitative estimate of drug-likeness (QED) is 0.785. The van der Waals surface area contributed by atoms with Crippen LogP contribution >= 0.6 is 22.9 Å². The molecule has 3 aromatic rings. The van der Waals surface area contributed by atoms with E-state index in [1.165, 1.54) is 0 Å². The van der Waals surface area contributed by atoms with Gasteiger partial charge >= 0.3 is 5.97 Å². The molecule has 21 heavy (non-hydrogen) atoms. The predicted molar refractivity (Wildman–Crippen MR) is 82.8 cm³/mol. The maximum Gasteiger partial charge on any atom is 0.348 e. The van der Waals surface area contributed by atoms with E-state index >= 15 is 0 Å². The largest absolute Gasteiger partial charge is 0.477 e. The highest BCUT2D eigenvalue weighted by molar-refractivity contribution is 7.17. The van der Waals surface area contributed by atoms with Crippen molar-refractivity contribution in [3.05, 3.63) is 58.6 Å². The van der Waals surface area contributed by atoms with Crippen LogP contribution < -0.4 is 0 Å². The number of hydrogen-bond acceptors (Lipinski definition) is 4. The summed E-state index contributed by atoms with van der Waals surface area (Å²) in [5, 5.41) is 10.6. The second-order valence-electron chi connectivity index (χ2n) is 4.22. The summed E-state index contributed by atoms with van der Waals surface area (Å²) in [5.74, 6) is -1.01. The lowest BCUT2D eigenvalue weighted by molar-refractivity contribution is 0.0702. The third kappa shape index (κ3) is 2.79. The molecule has 104 valence electrons. The zero-order valence-corrected chi connectivity index (χ0v) is 12.2. The zero-order chi connectivity index (χ0) is 14.8. The van der Waals surface area contributed by atoms with Gasteiger partial charge in [-0.15, -0.1) is 11.3 Å². The van der Waals surface area contributed by atoms with E-state index in [0.717, 1.165) is 16.9 Å². The van der Waals surface area contributed by atoms with Gasteiger partial charge in [-0.2, -0.15) is 0 Å². The molecule has 0 fully saturated rings. The lowest BCUT2D eigenvalue weighted by atomic mass is 10.2. The number of rotatable bonds is 3. The molecule has 2 heterocycles. The van der Waals surface area contributed by atoms with Gasteiger partial charge in [0.1, 0.15) is 15.6 Å². The predicted octanol–water partition coefficient (Wildman–Crippen LogP) is 4.22. The molecule has 1 aromatic carbocycles. The highest BCUT2D eigenvalue weighted by atomic mass is 35.5. The van der Waals surface area contributed by atoms with Crippen LogP contribution in [-0.2, 0) is 0 Å². The van der Waals surface area contributed by atoms with Crippen molar-refractivity contribution in [2.45, 2.75) is 0 Å². The second kappa shape index (κ2) is 5.63. The molecular weight excluding hydrogens is 308 g/mol. The first-order chi connectivity index (χ1) is 10.1. The van der Waals surface area contributed by atoms with Gasteiger partial charge < -0.3 is 5.11 Å². The molecule has 0 amide bonds. The Morgan fingerprint density at radius 2 is 1.90 bits per heavy atom. The van der Waals surface area contributed by atoms with E-state index in [4.69, 9.17) is 11.6 Å². The Morgan fingerprint density at radius 3 is 2.52 bits per heavy atom. The van der Waals surface area contributed by atoms with E-state index in [2.05, 4.69) is 9.97 Å². The van der Waals surface area contributed by atoms with Crippen LogP contribution in [0.3, 0.4) is 0 Å². The lowest BCUT2D eigenvalue weighted by Crippen LogP contribution is -1.96. The fourth-order valence-electron chi connectivity index (χ4n) is 1.86. The topological polar surface area (TPSA) is 63.1 Å². The van der Waals surface area contributed by atoms with Crippen LogP contribution in [0.2, 0.25) is 5.02 Å². The van der Waals surface area contributed by atoms with Crippen molar-refractivity contribution >= 4 is 28.9 Å². The third-order valence-corrected chi connectivity index (χ3v) is 4.16. The molecule has 0 bridgehead atoms. The number of carbonyl (C=O) groups is 1. The number of hydrogen-bond donors (Lipinski definition) is 1. The summed E-state index contributed by atoms with van der Waals surface area (Å²) in [5.41, 5.74) is 1.76. The number of pyridine rings is 1. The van der Waals surface area contributed by atoms with Crippen LogP contribution in [0.4, 0.5) is 0 Å². The van der Waals surface area contributed by atoms with Gasteiger partial charge in [-0.25, -0.2) is 9.78 Å². The molecule has 0 saturated carbocycles. The molecule has 0 radical (unpaired) electrons. The molecule has 0 saturated heterocycles. The number of benzene rings is 1. The first-order valence-electron chi connectivity index (χ1n) is 6.06. The Kier molecular flexibility index (Phi) is 3.68. The summed E-state index contributed by atoms with van der Waals surface area (Å²) in [6, 6.07) is 12.4. The molecule has 0 aliphatic rings. The summed E-state index contributed by atoms with van der Waals surface area (Å²) in [6.45, 7) is 0. The van der Waals surface area contributed by atoms with E-state index in [1.807, 2.05) is 12.1 Å². The van der Waals surface area contributed by atoms with Gasteiger partial charge in [0.25, 0.3) is 0 Å². The number of aromatic carboxylic acids is 1. The van der Waals surface area contributed by atoms with E-state index in [9.17, 15) is 9.90 Å². The first-order valence-corrected chi connectivity index (χ1v) is 7.26. The van der Waals surface area contributed by atoms with E-state index in [0.29, 0.717) is 21.4 Å². The minimum absolute atomic E-state index is 0.179. The third-order valence-electron chi connectivity index (χ3n) is 2.82. The molecule has 0 spiro atoms. The SMILES string of the molecule is O=C(O)c1sc(-c2ccc(Cl)cc2)nc1-c1ccccn1. The summed E-state index contributed by atoms with van der Waals surface area (Å²) < 4.78 is 0. The molecule has 0 aliphatic carbocycles. The van der Waals surface area contributed by atoms with Crippen molar-refractivity contribution in [3.8, 4) is 22.0 Å². The standard InChI is InChI=1S/C15H9ClN2O2S/c16-10-6-4-9(5-7-10)14-18-12(13(21-14)15(19)20)11-3-1-2-8-17-11/h1-8H,(H,19,20). The summed E-state index contributed by atoms with van der Waals surface area (Å²) >= 11 is 6.99. The van der Waals surface area contributed by atoms with Gasteiger partial charge in [0, 0.05) is 16.8 Å². The minimum atomic E-state index is -1.01. The van der Waals surface area contributed by atoms with Crippen LogP contribution in [0.25, 0.3) is 22.0 Å². The van der Waals surface area contributed by atoms with Crippen molar-refractivity contribution in [1.82, 2.24) is 9.97 Å². The molecular formula is C15H9ClN2O2S. The van der Waals surface area contributed by atoms with Crippen LogP contribution in [0, 0.1) is 0 Å². The molecule has 0 unspecified atom stereocenters. The number of halogens is 1. The van der Waals surface area contributed by atoms with E-state index < -0.39 is 5.97 Å². The first kappa shape index (κ1) is 13.7. The number of carboxylic acid groups (broad SMARTS) is 1. The second-order valence-corrected chi connectivity index (χ2v) is 5.66. The van der Waals surface area contributed by atoms with Crippen molar-refractivity contribution in [2.24, 2.45) is 0 Å². The Labute approximate surface area is 129 Å². The Hall–Kier alpha value is -2.24. The normalized spacial score (nSPS) is 10.5. The van der Waals surface area contributed by atoms with Crippen molar-refractivity contribution in [3.63, 3.8) is 0 Å². The molecule has 2 aromatic heterocycles. The molecule has 6 heteroatoms. The van der Waals surface area contributed by atoms with Crippen LogP contribution in [0.1, 0.15) is 9.67 Å². The summed E-state index contributed by atoms with van der Waals surface area (Å²) in [4.78, 5) is 20.2. The average Bonchev–Trinajstić information content (AvgIpc) is 2.94. The minimum Gasteiger partial charge on any atom is -0.477 e. The highest BCUT2D eigenvalue weighted by Crippen LogP contribution is 2.33. The number of carboxylic acids is 1. The van der Waals surface area contributed by atoms with E-state index in [1.54, 1.807) is 36.5 Å². The van der Waals surface area contributed by atoms with Crippen LogP contribution in [-0.4, -0.2) is 21.0 Å². The molecule has 4 nitrogen and oxygen atoms in total.